The second-order valence-electron chi connectivity index (χ2n) is 37.4. The highest BCUT2D eigenvalue weighted by Crippen LogP contribution is 2.48. The first-order valence-corrected chi connectivity index (χ1v) is 50.1. The number of benzene rings is 20. The summed E-state index contributed by atoms with van der Waals surface area (Å²) in [4.78, 5) is 14.3. The average Bonchev–Trinajstić information content (AvgIpc) is 0.776. The van der Waals surface area contributed by atoms with Crippen molar-refractivity contribution in [3.05, 3.63) is 540 Å². The molecule has 0 radical (unpaired) electrons. The molecule has 0 heterocycles. The summed E-state index contributed by atoms with van der Waals surface area (Å²) < 4.78 is 0. The molecule has 20 aromatic rings. The first-order chi connectivity index (χ1) is 69.5. The van der Waals surface area contributed by atoms with Crippen molar-refractivity contribution in [3.63, 3.8) is 0 Å². The molecule has 0 saturated heterocycles. The van der Waals surface area contributed by atoms with Crippen molar-refractivity contribution in [3.8, 4) is 66.8 Å². The van der Waals surface area contributed by atoms with Gasteiger partial charge in [0.2, 0.25) is 0 Å². The lowest BCUT2D eigenvalue weighted by Gasteiger charge is -2.29. The fraction of sp³-hybridized carbons (Fsp3) is 0.118. The van der Waals surface area contributed by atoms with Crippen LogP contribution < -0.4 is 29.4 Å². The lowest BCUT2D eigenvalue weighted by Crippen LogP contribution is -2.13. The molecule has 0 spiro atoms. The van der Waals surface area contributed by atoms with Crippen molar-refractivity contribution in [2.24, 2.45) is 0 Å². The van der Waals surface area contributed by atoms with Crippen LogP contribution in [0.5, 0.6) is 0 Å². The van der Waals surface area contributed by atoms with E-state index in [1.165, 1.54) is 101 Å². The maximum Gasteiger partial charge on any atom is 0.0493 e. The predicted molar refractivity (Wildman–Crippen MR) is 609 cm³/mol. The van der Waals surface area contributed by atoms with Gasteiger partial charge < -0.3 is 29.4 Å². The number of para-hydroxylation sites is 6. The Bertz CT molecular complexity index is 7290. The van der Waals surface area contributed by atoms with Crippen molar-refractivity contribution in [1.82, 2.24) is 0 Å². The molecule has 20 rings (SSSR count). The van der Waals surface area contributed by atoms with Crippen molar-refractivity contribution >= 4 is 102 Å². The highest BCUT2D eigenvalue weighted by atomic mass is 15.2. The van der Waals surface area contributed by atoms with Gasteiger partial charge >= 0.3 is 0 Å². The topological polar surface area (TPSA) is 19.4 Å². The highest BCUT2D eigenvalue weighted by Gasteiger charge is 2.25. The van der Waals surface area contributed by atoms with Crippen molar-refractivity contribution in [2.45, 2.75) is 109 Å². The van der Waals surface area contributed by atoms with Gasteiger partial charge in [-0.25, -0.2) is 0 Å². The predicted octanol–water partition coefficient (Wildman–Crippen LogP) is 38.9. The SMILES string of the molecule is CCc1ccc(N(c2ccc(C)cc2)c2ccc(-c3cc(-c4ccc(N(c5ccc(C)cc5)c5ccc(C)cc5)cc4)cc(-c4ccc(N(c5ccc(C)cc5)c5ccc(CC)cc5)cc4)c3)cc2)cc1.CCc1ccccc1N(c1ccc(-c2cc(-c3ccc(N(c4ccccc4C)c4ccccc4C)cc3)cc(-c3ccc(N(c4ccccc4C)c4ccccc4CC)cc3)c2)cc1)c1ccccc1C. The molecule has 0 fully saturated rings. The molecular formula is C136H122N6. The van der Waals surface area contributed by atoms with E-state index in [0.29, 0.717) is 0 Å². The summed E-state index contributed by atoms with van der Waals surface area (Å²) >= 11 is 0. The number of nitrogens with zero attached hydrogens (tertiary/aromatic N) is 6. The molecule has 20 aromatic carbocycles. The maximum atomic E-state index is 2.42. The highest BCUT2D eigenvalue weighted by molar-refractivity contribution is 5.92. The molecule has 6 nitrogen and oxygen atoms in total. The van der Waals surface area contributed by atoms with Crippen LogP contribution in [0.4, 0.5) is 102 Å². The zero-order chi connectivity index (χ0) is 97.7. The second kappa shape index (κ2) is 43.1. The molecule has 0 N–H and O–H groups in total. The molecule has 0 bridgehead atoms. The molecule has 142 heavy (non-hydrogen) atoms. The summed E-state index contributed by atoms with van der Waals surface area (Å²) in [6.07, 6.45) is 3.90. The van der Waals surface area contributed by atoms with Gasteiger partial charge in [0.15, 0.2) is 0 Å². The monoisotopic (exact) mass is 1840 g/mol. The van der Waals surface area contributed by atoms with Crippen LogP contribution >= 0.6 is 0 Å². The van der Waals surface area contributed by atoms with Crippen molar-refractivity contribution < 1.29 is 0 Å². The number of hydrogen-bond acceptors (Lipinski definition) is 6. The number of anilines is 18. The summed E-state index contributed by atoms with van der Waals surface area (Å²) in [6, 6.07) is 174. The van der Waals surface area contributed by atoms with Crippen LogP contribution in [0.1, 0.15) is 94.5 Å². The van der Waals surface area contributed by atoms with Crippen LogP contribution in [-0.4, -0.2) is 0 Å². The van der Waals surface area contributed by atoms with E-state index in [9.17, 15) is 0 Å². The van der Waals surface area contributed by atoms with Gasteiger partial charge in [-0.15, -0.1) is 0 Å². The van der Waals surface area contributed by atoms with E-state index in [1.807, 2.05) is 0 Å². The first-order valence-electron chi connectivity index (χ1n) is 50.1. The third kappa shape index (κ3) is 20.8. The Kier molecular flexibility index (Phi) is 28.6. The smallest absolute Gasteiger partial charge is 0.0493 e. The minimum Gasteiger partial charge on any atom is -0.311 e. The standard InChI is InChI=1S/2C68H61N3/c1-7-52-17-35-64(36-18-52)70(62-31-13-50(5)14-32-62)67-41-23-55(24-42-67)58-45-57(54-21-39-66(40-22-54)69(60-27-9-48(3)10-28-60)61-29-11-49(4)12-30-61)46-59(47-58)56-25-43-68(44-26-56)71(63-33-15-51(6)16-34-63)65-37-19-53(8-2)20-38-65;1-7-52-25-13-19-31-67(52)70(65-29-17-11-23-50(65)5)61-41-35-55(36-42-61)58-45-57(54-33-39-60(40-34-54)69(63-27-15-9-21-48(63)3)64-28-16-10-22-49(64)4)46-59(47-58)56-37-43-62(44-38-56)71(66-30-18-12-24-51(66)6)68-32-20-14-26-53(68)8-2/h2*9-47H,7-8H2,1-6H3. The number of aryl methyl sites for hydroxylation is 12. The normalized spacial score (nSPS) is 11.1. The zero-order valence-electron chi connectivity index (χ0n) is 83.5. The summed E-state index contributed by atoms with van der Waals surface area (Å²) in [5.41, 5.74) is 49.6. The summed E-state index contributed by atoms with van der Waals surface area (Å²) in [5.74, 6) is 0. The van der Waals surface area contributed by atoms with Crippen LogP contribution in [0.3, 0.4) is 0 Å². The first kappa shape index (κ1) is 94.2. The largest absolute Gasteiger partial charge is 0.311 e. The quantitative estimate of drug-likeness (QED) is 0.0483. The maximum absolute atomic E-state index is 2.42. The molecule has 0 unspecified atom stereocenters. The van der Waals surface area contributed by atoms with Gasteiger partial charge in [0.1, 0.15) is 0 Å². The van der Waals surface area contributed by atoms with Crippen molar-refractivity contribution in [1.29, 1.82) is 0 Å². The van der Waals surface area contributed by atoms with Gasteiger partial charge in [0, 0.05) is 102 Å². The number of rotatable bonds is 28. The lowest BCUT2D eigenvalue weighted by molar-refractivity contribution is 1.11. The van der Waals surface area contributed by atoms with Crippen LogP contribution in [-0.2, 0) is 25.7 Å². The Labute approximate surface area is 841 Å². The fourth-order valence-electron chi connectivity index (χ4n) is 19.5. The summed E-state index contributed by atoms with van der Waals surface area (Å²) in [5, 5.41) is 0. The average molecular weight is 1840 g/mol. The molecule has 0 aliphatic heterocycles. The summed E-state index contributed by atoms with van der Waals surface area (Å²) in [6.45, 7) is 26.2. The van der Waals surface area contributed by atoms with Gasteiger partial charge in [0.25, 0.3) is 0 Å². The van der Waals surface area contributed by atoms with E-state index in [-0.39, 0.29) is 0 Å². The Morgan fingerprint density at radius 1 is 0.134 bits per heavy atom. The van der Waals surface area contributed by atoms with Crippen LogP contribution in [0, 0.1) is 55.4 Å². The minimum absolute atomic E-state index is 0.944. The van der Waals surface area contributed by atoms with E-state index < -0.39 is 0 Å². The number of hydrogen-bond donors (Lipinski definition) is 0. The van der Waals surface area contributed by atoms with Crippen LogP contribution in [0.25, 0.3) is 66.8 Å². The molecule has 0 aromatic heterocycles. The third-order valence-electron chi connectivity index (χ3n) is 27.6. The summed E-state index contributed by atoms with van der Waals surface area (Å²) in [7, 11) is 0. The molecule has 0 aliphatic carbocycles. The fourth-order valence-corrected chi connectivity index (χ4v) is 19.5. The molecule has 0 aliphatic rings. The van der Waals surface area contributed by atoms with Crippen LogP contribution in [0.2, 0.25) is 0 Å². The molecule has 6 heteroatoms. The van der Waals surface area contributed by atoms with E-state index >= 15 is 0 Å². The zero-order valence-corrected chi connectivity index (χ0v) is 83.5. The van der Waals surface area contributed by atoms with E-state index in [0.717, 1.165) is 161 Å². The second-order valence-corrected chi connectivity index (χ2v) is 37.4. The van der Waals surface area contributed by atoms with Crippen LogP contribution in [0.15, 0.2) is 473 Å². The van der Waals surface area contributed by atoms with Gasteiger partial charge in [0.05, 0.1) is 0 Å². The van der Waals surface area contributed by atoms with Gasteiger partial charge in [-0.1, -0.05) is 305 Å². The Balaban J connectivity index is 0.000000180. The van der Waals surface area contributed by atoms with E-state index in [4.69, 9.17) is 0 Å². The molecule has 0 atom stereocenters. The molecule has 0 amide bonds. The molecular weight excluding hydrogens is 1720 g/mol. The minimum atomic E-state index is 0.944. The molecule has 696 valence electrons. The Morgan fingerprint density at radius 3 is 0.472 bits per heavy atom. The van der Waals surface area contributed by atoms with Gasteiger partial charge in [-0.05, 0) is 411 Å². The van der Waals surface area contributed by atoms with Crippen molar-refractivity contribution in [2.75, 3.05) is 29.4 Å². The molecule has 0 saturated carbocycles. The van der Waals surface area contributed by atoms with Gasteiger partial charge in [-0.2, -0.15) is 0 Å². The van der Waals surface area contributed by atoms with E-state index in [2.05, 4.69) is 586 Å². The third-order valence-corrected chi connectivity index (χ3v) is 27.6. The van der Waals surface area contributed by atoms with E-state index in [1.54, 1.807) is 0 Å². The lowest BCUT2D eigenvalue weighted by atomic mass is 9.93. The Morgan fingerprint density at radius 2 is 0.289 bits per heavy atom. The van der Waals surface area contributed by atoms with Gasteiger partial charge in [-0.3, -0.25) is 0 Å². The Hall–Kier alpha value is -16.8.